The van der Waals surface area contributed by atoms with Crippen molar-refractivity contribution in [3.8, 4) is 0 Å². The summed E-state index contributed by atoms with van der Waals surface area (Å²) in [5.74, 6) is -2.22. The van der Waals surface area contributed by atoms with Crippen LogP contribution in [0.25, 0.3) is 0 Å². The van der Waals surface area contributed by atoms with E-state index in [9.17, 15) is 29.7 Å². The number of aliphatic carboxylic acids is 1. The molecule has 28 heavy (non-hydrogen) atoms. The van der Waals surface area contributed by atoms with Gasteiger partial charge in [0.2, 0.25) is 5.91 Å². The van der Waals surface area contributed by atoms with Crippen LogP contribution in [0.5, 0.6) is 0 Å². The summed E-state index contributed by atoms with van der Waals surface area (Å²) in [7, 11) is 0. The van der Waals surface area contributed by atoms with Crippen molar-refractivity contribution in [1.29, 1.82) is 0 Å². The second-order valence-electron chi connectivity index (χ2n) is 5.85. The Morgan fingerprint density at radius 2 is 1.61 bits per heavy atom. The van der Waals surface area contributed by atoms with Crippen molar-refractivity contribution >= 4 is 18.2 Å². The molecule has 1 rings (SSSR count). The third kappa shape index (κ3) is 7.34. The molecule has 0 spiro atoms. The second kappa shape index (κ2) is 11.9. The van der Waals surface area contributed by atoms with Crippen LogP contribution in [0.1, 0.15) is 6.92 Å². The van der Waals surface area contributed by atoms with Gasteiger partial charge in [-0.2, -0.15) is 0 Å². The maximum Gasteiger partial charge on any atom is 0.335 e. The molecule has 9 atom stereocenters. The number of amides is 1. The fraction of sp³-hybridized carbons (Fsp3) is 0.786. The van der Waals surface area contributed by atoms with E-state index in [1.807, 2.05) is 0 Å². The Balaban J connectivity index is 0.000000528. The molecule has 0 aromatic carbocycles. The number of carbonyl (C=O) groups excluding carboxylic acids is 2. The van der Waals surface area contributed by atoms with Gasteiger partial charge in [0.15, 0.2) is 18.7 Å². The van der Waals surface area contributed by atoms with Gasteiger partial charge in [0.25, 0.3) is 0 Å². The lowest BCUT2D eigenvalue weighted by Crippen LogP contribution is -2.63. The minimum absolute atomic E-state index is 0.0809. The summed E-state index contributed by atoms with van der Waals surface area (Å²) in [6.07, 6.45) is -13.6. The highest BCUT2D eigenvalue weighted by Gasteiger charge is 2.43. The van der Waals surface area contributed by atoms with E-state index in [-0.39, 0.29) is 6.29 Å². The quantitative estimate of drug-likeness (QED) is 0.174. The van der Waals surface area contributed by atoms with E-state index in [0.29, 0.717) is 0 Å². The standard InChI is InChI=1S/C8H15NO6.C6H10O7/c1-3(11)9-5-7(13)6(12)4(2-10)15-8(5)14;7-1-2(8)3(9)4(10)5(11)6(12)13/h4-8,10,12-14H,2H2,1H3,(H,9,11);1-5,8-11H,(H,12,13)/t4-,5-,6+,7-,8?;/m1./s1. The third-order valence-corrected chi connectivity index (χ3v) is 3.69. The number of carboxylic acids is 1. The van der Waals surface area contributed by atoms with Crippen LogP contribution in [0.3, 0.4) is 0 Å². The number of ether oxygens (including phenoxy) is 1. The highest BCUT2D eigenvalue weighted by molar-refractivity contribution is 5.73. The summed E-state index contributed by atoms with van der Waals surface area (Å²) < 4.78 is 4.81. The minimum atomic E-state index is -2.25. The molecule has 0 aromatic heterocycles. The average molecular weight is 415 g/mol. The number of nitrogens with one attached hydrogen (secondary N) is 1. The van der Waals surface area contributed by atoms with Crippen LogP contribution >= 0.6 is 0 Å². The minimum Gasteiger partial charge on any atom is -0.479 e. The van der Waals surface area contributed by atoms with E-state index in [1.165, 1.54) is 6.92 Å². The summed E-state index contributed by atoms with van der Waals surface area (Å²) in [6.45, 7) is 0.687. The first kappa shape index (κ1) is 26.2. The van der Waals surface area contributed by atoms with E-state index in [1.54, 1.807) is 0 Å². The maximum atomic E-state index is 10.7. The molecule has 0 aromatic rings. The Labute approximate surface area is 158 Å². The monoisotopic (exact) mass is 415 g/mol. The van der Waals surface area contributed by atoms with Gasteiger partial charge in [0, 0.05) is 6.92 Å². The molecule has 1 amide bonds. The molecular formula is C14H25NO13. The van der Waals surface area contributed by atoms with Gasteiger partial charge >= 0.3 is 5.97 Å². The number of aliphatic hydroxyl groups excluding tert-OH is 8. The van der Waals surface area contributed by atoms with Crippen molar-refractivity contribution in [2.24, 2.45) is 0 Å². The molecule has 0 saturated carbocycles. The van der Waals surface area contributed by atoms with Crippen LogP contribution in [0.4, 0.5) is 0 Å². The molecule has 1 fully saturated rings. The molecule has 164 valence electrons. The molecule has 0 aliphatic carbocycles. The van der Waals surface area contributed by atoms with E-state index in [4.69, 9.17) is 35.4 Å². The lowest BCUT2D eigenvalue weighted by Gasteiger charge is -2.40. The first-order valence-corrected chi connectivity index (χ1v) is 7.86. The van der Waals surface area contributed by atoms with Gasteiger partial charge in [0.1, 0.15) is 42.7 Å². The lowest BCUT2D eigenvalue weighted by molar-refractivity contribution is -0.253. The normalized spacial score (nSPS) is 31.4. The molecule has 5 unspecified atom stereocenters. The Hall–Kier alpha value is -1.75. The number of aliphatic hydroxyl groups is 8. The Morgan fingerprint density at radius 1 is 1.07 bits per heavy atom. The van der Waals surface area contributed by atoms with Gasteiger partial charge in [-0.1, -0.05) is 0 Å². The summed E-state index contributed by atoms with van der Waals surface area (Å²) in [6, 6.07) is -1.10. The Kier molecular flexibility index (Phi) is 11.2. The molecule has 14 nitrogen and oxygen atoms in total. The number of carbonyl (C=O) groups is 3. The van der Waals surface area contributed by atoms with Gasteiger partial charge in [-0.3, -0.25) is 4.79 Å². The molecule has 10 N–H and O–H groups in total. The van der Waals surface area contributed by atoms with E-state index in [2.05, 4.69) is 5.32 Å². The summed E-state index contributed by atoms with van der Waals surface area (Å²) >= 11 is 0. The number of hydrogen-bond acceptors (Lipinski definition) is 12. The molecule has 14 heteroatoms. The van der Waals surface area contributed by atoms with Gasteiger partial charge in [-0.05, 0) is 0 Å². The van der Waals surface area contributed by atoms with Crippen molar-refractivity contribution in [1.82, 2.24) is 5.32 Å². The zero-order valence-corrected chi connectivity index (χ0v) is 14.6. The molecule has 0 radical (unpaired) electrons. The number of hydrogen-bond donors (Lipinski definition) is 10. The van der Waals surface area contributed by atoms with Crippen LogP contribution in [-0.4, -0.2) is 126 Å². The number of carboxylic acid groups (broad SMARTS) is 1. The highest BCUT2D eigenvalue weighted by Crippen LogP contribution is 2.19. The predicted molar refractivity (Wildman–Crippen MR) is 85.3 cm³/mol. The van der Waals surface area contributed by atoms with Gasteiger partial charge < -0.3 is 60.8 Å². The van der Waals surface area contributed by atoms with Crippen LogP contribution in [0.15, 0.2) is 0 Å². The van der Waals surface area contributed by atoms with Gasteiger partial charge in [-0.15, -0.1) is 0 Å². The van der Waals surface area contributed by atoms with E-state index in [0.717, 1.165) is 0 Å². The van der Waals surface area contributed by atoms with E-state index < -0.39 is 73.5 Å². The van der Waals surface area contributed by atoms with Crippen LogP contribution in [0.2, 0.25) is 0 Å². The fourth-order valence-corrected chi connectivity index (χ4v) is 2.10. The highest BCUT2D eigenvalue weighted by atomic mass is 16.6. The first-order chi connectivity index (χ1) is 12.9. The predicted octanol–water partition coefficient (Wildman–Crippen LogP) is -6.36. The first-order valence-electron chi connectivity index (χ1n) is 7.86. The van der Waals surface area contributed by atoms with E-state index >= 15 is 0 Å². The SMILES string of the molecule is CC(=O)N[C@H]1C(O)O[C@H](CO)[C@H](O)[C@@H]1O.O=CC(O)C(O)C(O)C(O)C(=O)O. The van der Waals surface area contributed by atoms with Gasteiger partial charge in [-0.25, -0.2) is 4.79 Å². The topological polar surface area (TPSA) is 255 Å². The molecule has 1 aliphatic heterocycles. The third-order valence-electron chi connectivity index (χ3n) is 3.69. The largest absolute Gasteiger partial charge is 0.479 e. The summed E-state index contributed by atoms with van der Waals surface area (Å²) in [5, 5.41) is 82.6. The zero-order chi connectivity index (χ0) is 22.2. The van der Waals surface area contributed by atoms with Crippen LogP contribution < -0.4 is 5.32 Å². The van der Waals surface area contributed by atoms with Crippen LogP contribution in [0, 0.1) is 0 Å². The molecule has 0 bridgehead atoms. The summed E-state index contributed by atoms with van der Waals surface area (Å²) in [5.41, 5.74) is 0. The second-order valence-corrected chi connectivity index (χ2v) is 5.85. The Bertz CT molecular complexity index is 517. The maximum absolute atomic E-state index is 10.7. The summed E-state index contributed by atoms with van der Waals surface area (Å²) in [4.78, 5) is 30.7. The van der Waals surface area contributed by atoms with Crippen molar-refractivity contribution in [3.05, 3.63) is 0 Å². The van der Waals surface area contributed by atoms with Crippen LogP contribution in [-0.2, 0) is 19.1 Å². The average Bonchev–Trinajstić information content (AvgIpc) is 2.65. The molecule has 1 saturated heterocycles. The molecule has 1 aliphatic rings. The number of rotatable bonds is 7. The zero-order valence-electron chi connectivity index (χ0n) is 14.6. The molecule has 1 heterocycles. The lowest BCUT2D eigenvalue weighted by atomic mass is 9.97. The molecular weight excluding hydrogens is 390 g/mol. The smallest absolute Gasteiger partial charge is 0.335 e. The fourth-order valence-electron chi connectivity index (χ4n) is 2.10. The number of aldehydes is 1. The van der Waals surface area contributed by atoms with Crippen molar-refractivity contribution in [2.75, 3.05) is 6.61 Å². The van der Waals surface area contributed by atoms with Gasteiger partial charge in [0.05, 0.1) is 6.61 Å². The van der Waals surface area contributed by atoms with Crippen molar-refractivity contribution < 1.29 is 65.1 Å². The van der Waals surface area contributed by atoms with Crippen molar-refractivity contribution in [3.63, 3.8) is 0 Å². The van der Waals surface area contributed by atoms with Crippen molar-refractivity contribution in [2.45, 2.75) is 62.0 Å². The Morgan fingerprint density at radius 3 is 2.00 bits per heavy atom.